The van der Waals surface area contributed by atoms with E-state index in [-0.39, 0.29) is 0 Å². The van der Waals surface area contributed by atoms with Gasteiger partial charge in [-0.25, -0.2) is 4.98 Å². The van der Waals surface area contributed by atoms with Gasteiger partial charge in [-0.1, -0.05) is 60.7 Å². The molecule has 202 valence electrons. The van der Waals surface area contributed by atoms with Crippen LogP contribution in [0.15, 0.2) is 97.1 Å². The van der Waals surface area contributed by atoms with E-state index in [1.54, 1.807) is 21.3 Å². The first-order chi connectivity index (χ1) is 19.7. The van der Waals surface area contributed by atoms with Gasteiger partial charge in [0.15, 0.2) is 0 Å². The van der Waals surface area contributed by atoms with E-state index in [2.05, 4.69) is 64.4 Å². The minimum absolute atomic E-state index is 0.793. The molecule has 1 aliphatic heterocycles. The number of hydrogen-bond acceptors (Lipinski definition) is 6. The molecule has 6 rings (SSSR count). The number of benzene rings is 4. The lowest BCUT2D eigenvalue weighted by molar-refractivity contribution is 0.413. The van der Waals surface area contributed by atoms with Gasteiger partial charge < -0.3 is 24.0 Å². The summed E-state index contributed by atoms with van der Waals surface area (Å²) in [6.07, 6.45) is 0. The van der Waals surface area contributed by atoms with Crippen molar-refractivity contribution in [3.63, 3.8) is 0 Å². The summed E-state index contributed by atoms with van der Waals surface area (Å²) in [5.74, 6) is 3.49. The molecule has 1 saturated heterocycles. The van der Waals surface area contributed by atoms with Gasteiger partial charge in [0.1, 0.15) is 23.1 Å². The summed E-state index contributed by atoms with van der Waals surface area (Å²) in [6, 6.07) is 33.1. The van der Waals surface area contributed by atoms with Gasteiger partial charge in [0.2, 0.25) is 0 Å². The summed E-state index contributed by atoms with van der Waals surface area (Å²) in [5.41, 5.74) is 5.10. The number of nitrogens with zero attached hydrogens (tertiary/aromatic N) is 3. The molecule has 4 aromatic carbocycles. The van der Waals surface area contributed by atoms with Gasteiger partial charge in [-0.05, 0) is 47.3 Å². The van der Waals surface area contributed by atoms with E-state index in [0.29, 0.717) is 0 Å². The van der Waals surface area contributed by atoms with Gasteiger partial charge in [0.05, 0.1) is 32.7 Å². The fourth-order valence-corrected chi connectivity index (χ4v) is 5.64. The molecule has 1 aliphatic rings. The minimum atomic E-state index is 0.793. The molecule has 40 heavy (non-hydrogen) atoms. The number of piperazine rings is 1. The molecule has 0 N–H and O–H groups in total. The van der Waals surface area contributed by atoms with Crippen molar-refractivity contribution in [3.05, 3.63) is 97.1 Å². The van der Waals surface area contributed by atoms with Gasteiger partial charge in [-0.3, -0.25) is 0 Å². The third kappa shape index (κ3) is 4.66. The number of rotatable bonds is 7. The Morgan fingerprint density at radius 1 is 0.600 bits per heavy atom. The van der Waals surface area contributed by atoms with E-state index in [4.69, 9.17) is 19.2 Å². The smallest absolute Gasteiger partial charge is 0.142 e. The average molecular weight is 532 g/mol. The summed E-state index contributed by atoms with van der Waals surface area (Å²) >= 11 is 0. The lowest BCUT2D eigenvalue weighted by Gasteiger charge is -2.38. The molecule has 0 saturated carbocycles. The molecule has 1 fully saturated rings. The van der Waals surface area contributed by atoms with Crippen molar-refractivity contribution in [2.45, 2.75) is 0 Å². The molecule has 0 aliphatic carbocycles. The Hall–Kier alpha value is -4.71. The van der Waals surface area contributed by atoms with Crippen LogP contribution < -0.4 is 24.0 Å². The fraction of sp³-hybridized carbons (Fsp3) is 0.206. The maximum Gasteiger partial charge on any atom is 0.142 e. The largest absolute Gasteiger partial charge is 0.497 e. The number of anilines is 2. The standard InChI is InChI=1S/C34H33N3O3/c1-38-25-12-10-11-24(23-25)32-26-13-4-5-14-27(26)34(35-33(32)28-15-6-8-17-30(28)39-2)37-21-19-36(20-22-37)29-16-7-9-18-31(29)40-3/h4-18,23H,19-22H2,1-3H3. The number of ether oxygens (including phenoxy) is 3. The van der Waals surface area contributed by atoms with Crippen molar-refractivity contribution in [2.75, 3.05) is 57.3 Å². The van der Waals surface area contributed by atoms with Crippen LogP contribution in [0, 0.1) is 0 Å². The van der Waals surface area contributed by atoms with Crippen LogP contribution in [0.4, 0.5) is 11.5 Å². The first-order valence-corrected chi connectivity index (χ1v) is 13.5. The number of pyridine rings is 1. The van der Waals surface area contributed by atoms with Gasteiger partial charge in [-0.15, -0.1) is 0 Å². The Kier molecular flexibility index (Phi) is 7.15. The zero-order valence-corrected chi connectivity index (χ0v) is 23.1. The molecular weight excluding hydrogens is 498 g/mol. The van der Waals surface area contributed by atoms with Crippen LogP contribution in [0.3, 0.4) is 0 Å². The molecule has 0 spiro atoms. The molecule has 1 aromatic heterocycles. The average Bonchev–Trinajstić information content (AvgIpc) is 3.04. The molecule has 5 aromatic rings. The predicted molar refractivity (Wildman–Crippen MR) is 163 cm³/mol. The first kappa shape index (κ1) is 25.6. The topological polar surface area (TPSA) is 47.1 Å². The van der Waals surface area contributed by atoms with Gasteiger partial charge >= 0.3 is 0 Å². The van der Waals surface area contributed by atoms with Crippen molar-refractivity contribution in [3.8, 4) is 39.6 Å². The molecule has 0 amide bonds. The number of para-hydroxylation sites is 3. The highest BCUT2D eigenvalue weighted by Gasteiger charge is 2.25. The van der Waals surface area contributed by atoms with Crippen LogP contribution in [-0.4, -0.2) is 52.5 Å². The van der Waals surface area contributed by atoms with Crippen LogP contribution in [0.25, 0.3) is 33.2 Å². The van der Waals surface area contributed by atoms with Crippen LogP contribution in [0.1, 0.15) is 0 Å². The van der Waals surface area contributed by atoms with Crippen molar-refractivity contribution in [1.82, 2.24) is 4.98 Å². The van der Waals surface area contributed by atoms with Crippen molar-refractivity contribution < 1.29 is 14.2 Å². The number of aromatic nitrogens is 1. The second-order valence-electron chi connectivity index (χ2n) is 9.78. The second kappa shape index (κ2) is 11.2. The highest BCUT2D eigenvalue weighted by molar-refractivity contribution is 6.08. The zero-order chi connectivity index (χ0) is 27.5. The van der Waals surface area contributed by atoms with Crippen molar-refractivity contribution in [1.29, 1.82) is 0 Å². The van der Waals surface area contributed by atoms with Crippen LogP contribution >= 0.6 is 0 Å². The van der Waals surface area contributed by atoms with Crippen LogP contribution in [-0.2, 0) is 0 Å². The fourth-order valence-electron chi connectivity index (χ4n) is 5.64. The number of methoxy groups -OCH3 is 3. The normalized spacial score (nSPS) is 13.4. The van der Waals surface area contributed by atoms with Crippen LogP contribution in [0.5, 0.6) is 17.2 Å². The Morgan fingerprint density at radius 2 is 1.25 bits per heavy atom. The summed E-state index contributed by atoms with van der Waals surface area (Å²) < 4.78 is 17.1. The highest BCUT2D eigenvalue weighted by atomic mass is 16.5. The van der Waals surface area contributed by atoms with E-state index in [1.165, 1.54) is 0 Å². The van der Waals surface area contributed by atoms with E-state index >= 15 is 0 Å². The van der Waals surface area contributed by atoms with Crippen molar-refractivity contribution >= 4 is 22.3 Å². The van der Waals surface area contributed by atoms with Gasteiger partial charge in [0.25, 0.3) is 0 Å². The van der Waals surface area contributed by atoms with Gasteiger partial charge in [-0.2, -0.15) is 0 Å². The number of hydrogen-bond donors (Lipinski definition) is 0. The minimum Gasteiger partial charge on any atom is -0.497 e. The summed E-state index contributed by atoms with van der Waals surface area (Å²) in [5, 5.41) is 2.28. The van der Waals surface area contributed by atoms with Crippen LogP contribution in [0.2, 0.25) is 0 Å². The molecule has 2 heterocycles. The van der Waals surface area contributed by atoms with Gasteiger partial charge in [0, 0.05) is 42.7 Å². The zero-order valence-electron chi connectivity index (χ0n) is 23.1. The quantitative estimate of drug-likeness (QED) is 0.227. The predicted octanol–water partition coefficient (Wildman–Crippen LogP) is 6.92. The lowest BCUT2D eigenvalue weighted by atomic mass is 9.93. The van der Waals surface area contributed by atoms with E-state index < -0.39 is 0 Å². The third-order valence-corrected chi connectivity index (χ3v) is 7.62. The molecule has 0 atom stereocenters. The monoisotopic (exact) mass is 531 g/mol. The molecule has 6 heteroatoms. The Morgan fingerprint density at radius 3 is 2.00 bits per heavy atom. The molecule has 6 nitrogen and oxygen atoms in total. The lowest BCUT2D eigenvalue weighted by Crippen LogP contribution is -2.47. The molecule has 0 radical (unpaired) electrons. The highest BCUT2D eigenvalue weighted by Crippen LogP contribution is 2.44. The third-order valence-electron chi connectivity index (χ3n) is 7.62. The summed E-state index contributed by atoms with van der Waals surface area (Å²) in [6.45, 7) is 3.44. The SMILES string of the molecule is COc1cccc(-c2c(-c3ccccc3OC)nc(N3CCN(c4ccccc4OC)CC3)c3ccccc23)c1. The number of fused-ring (bicyclic) bond motifs is 1. The summed E-state index contributed by atoms with van der Waals surface area (Å²) in [7, 11) is 5.14. The van der Waals surface area contributed by atoms with E-state index in [1.807, 2.05) is 42.5 Å². The van der Waals surface area contributed by atoms with Crippen molar-refractivity contribution in [2.24, 2.45) is 0 Å². The molecule has 0 bridgehead atoms. The maximum atomic E-state index is 5.82. The van der Waals surface area contributed by atoms with E-state index in [0.717, 1.165) is 88.1 Å². The second-order valence-corrected chi connectivity index (χ2v) is 9.78. The Balaban J connectivity index is 1.49. The Bertz CT molecular complexity index is 1640. The maximum absolute atomic E-state index is 5.82. The molecule has 0 unspecified atom stereocenters. The summed E-state index contributed by atoms with van der Waals surface area (Å²) in [4.78, 5) is 10.2. The molecular formula is C34H33N3O3. The first-order valence-electron chi connectivity index (χ1n) is 13.5. The van der Waals surface area contributed by atoms with E-state index in [9.17, 15) is 0 Å². The Labute approximate surface area is 235 Å².